The Morgan fingerprint density at radius 1 is 1.48 bits per heavy atom. The minimum absolute atomic E-state index is 0.263. The smallest absolute Gasteiger partial charge is 0.275 e. The predicted molar refractivity (Wildman–Crippen MR) is 86.0 cm³/mol. The Hall–Kier alpha value is -2.08. The number of ether oxygens (including phenoxy) is 1. The van der Waals surface area contributed by atoms with Crippen molar-refractivity contribution in [1.29, 1.82) is 0 Å². The van der Waals surface area contributed by atoms with Gasteiger partial charge in [0.25, 0.3) is 5.91 Å². The number of nitrogen functional groups attached to an aromatic ring is 1. The molecule has 0 spiro atoms. The summed E-state index contributed by atoms with van der Waals surface area (Å²) in [5.74, 6) is 0.889. The Labute approximate surface area is 128 Å². The van der Waals surface area contributed by atoms with E-state index in [0.717, 1.165) is 11.4 Å². The number of methoxy groups -OCH3 is 1. The maximum absolute atomic E-state index is 12.2. The highest BCUT2D eigenvalue weighted by Crippen LogP contribution is 2.25. The standard InChI is InChI=1S/C15H19N3O2S/c1-9(2)6-14-17-13(8-21-14)15(19)18-12-7-10(20-3)4-5-11(12)16/h4-5,7-9H,6,16H2,1-3H3,(H,18,19). The summed E-state index contributed by atoms with van der Waals surface area (Å²) in [6, 6.07) is 5.13. The highest BCUT2D eigenvalue weighted by Gasteiger charge is 2.13. The number of aromatic nitrogens is 1. The first kappa shape index (κ1) is 15.3. The average Bonchev–Trinajstić information content (AvgIpc) is 2.89. The molecule has 5 nitrogen and oxygen atoms in total. The van der Waals surface area contributed by atoms with E-state index < -0.39 is 0 Å². The van der Waals surface area contributed by atoms with Crippen molar-refractivity contribution < 1.29 is 9.53 Å². The van der Waals surface area contributed by atoms with Crippen molar-refractivity contribution in [2.75, 3.05) is 18.2 Å². The third-order valence-corrected chi connectivity index (χ3v) is 3.75. The fourth-order valence-corrected chi connectivity index (χ4v) is 2.80. The molecule has 0 aliphatic carbocycles. The summed E-state index contributed by atoms with van der Waals surface area (Å²) in [6.45, 7) is 4.25. The van der Waals surface area contributed by atoms with Crippen LogP contribution in [0.1, 0.15) is 29.3 Å². The van der Waals surface area contributed by atoms with Gasteiger partial charge in [0.05, 0.1) is 23.5 Å². The van der Waals surface area contributed by atoms with Crippen LogP contribution in [0.4, 0.5) is 11.4 Å². The molecule has 0 atom stereocenters. The third kappa shape index (κ3) is 3.95. The quantitative estimate of drug-likeness (QED) is 0.832. The Balaban J connectivity index is 2.12. The summed E-state index contributed by atoms with van der Waals surface area (Å²) in [5.41, 5.74) is 7.28. The van der Waals surface area contributed by atoms with Gasteiger partial charge in [0.15, 0.2) is 0 Å². The molecule has 0 bridgehead atoms. The second-order valence-corrected chi connectivity index (χ2v) is 6.07. The fraction of sp³-hybridized carbons (Fsp3) is 0.333. The van der Waals surface area contributed by atoms with Crippen LogP contribution >= 0.6 is 11.3 Å². The van der Waals surface area contributed by atoms with Gasteiger partial charge in [-0.25, -0.2) is 4.98 Å². The number of carbonyl (C=O) groups excluding carboxylic acids is 1. The lowest BCUT2D eigenvalue weighted by Crippen LogP contribution is -2.14. The number of benzene rings is 1. The molecule has 21 heavy (non-hydrogen) atoms. The van der Waals surface area contributed by atoms with Crippen molar-refractivity contribution in [2.24, 2.45) is 5.92 Å². The van der Waals surface area contributed by atoms with Crippen LogP contribution in [-0.4, -0.2) is 18.0 Å². The van der Waals surface area contributed by atoms with Crippen molar-refractivity contribution in [3.05, 3.63) is 34.3 Å². The molecule has 0 saturated carbocycles. The van der Waals surface area contributed by atoms with E-state index in [9.17, 15) is 4.79 Å². The summed E-state index contributed by atoms with van der Waals surface area (Å²) in [7, 11) is 1.57. The van der Waals surface area contributed by atoms with Crippen LogP contribution in [0.5, 0.6) is 5.75 Å². The molecular formula is C15H19N3O2S. The second-order valence-electron chi connectivity index (χ2n) is 5.13. The molecule has 2 rings (SSSR count). The van der Waals surface area contributed by atoms with E-state index >= 15 is 0 Å². The van der Waals surface area contributed by atoms with E-state index in [1.54, 1.807) is 30.7 Å². The van der Waals surface area contributed by atoms with Crippen molar-refractivity contribution in [1.82, 2.24) is 4.98 Å². The van der Waals surface area contributed by atoms with Gasteiger partial charge in [-0.05, 0) is 18.1 Å². The zero-order valence-electron chi connectivity index (χ0n) is 12.3. The minimum Gasteiger partial charge on any atom is -0.497 e. The fourth-order valence-electron chi connectivity index (χ4n) is 1.82. The number of hydrogen-bond donors (Lipinski definition) is 2. The largest absolute Gasteiger partial charge is 0.497 e. The van der Waals surface area contributed by atoms with Gasteiger partial charge in [-0.3, -0.25) is 4.79 Å². The van der Waals surface area contributed by atoms with E-state index in [1.807, 2.05) is 0 Å². The first-order valence-electron chi connectivity index (χ1n) is 6.69. The number of anilines is 2. The third-order valence-electron chi connectivity index (χ3n) is 2.88. The highest BCUT2D eigenvalue weighted by molar-refractivity contribution is 7.09. The molecular weight excluding hydrogens is 286 g/mol. The minimum atomic E-state index is -0.263. The number of thiazole rings is 1. The van der Waals surface area contributed by atoms with Crippen LogP contribution in [0, 0.1) is 5.92 Å². The molecule has 0 radical (unpaired) electrons. The monoisotopic (exact) mass is 305 g/mol. The van der Waals surface area contributed by atoms with Crippen LogP contribution < -0.4 is 15.8 Å². The van der Waals surface area contributed by atoms with Crippen molar-refractivity contribution in [3.8, 4) is 5.75 Å². The Kier molecular flexibility index (Phi) is 4.80. The Morgan fingerprint density at radius 2 is 2.24 bits per heavy atom. The normalized spacial score (nSPS) is 10.7. The van der Waals surface area contributed by atoms with Crippen LogP contribution in [0.3, 0.4) is 0 Å². The molecule has 0 fully saturated rings. The lowest BCUT2D eigenvalue weighted by molar-refractivity contribution is 0.102. The van der Waals surface area contributed by atoms with Crippen LogP contribution in [0.2, 0.25) is 0 Å². The molecule has 3 N–H and O–H groups in total. The van der Waals surface area contributed by atoms with E-state index in [0.29, 0.717) is 28.7 Å². The average molecular weight is 305 g/mol. The summed E-state index contributed by atoms with van der Waals surface area (Å²) < 4.78 is 5.12. The number of nitrogens with one attached hydrogen (secondary N) is 1. The van der Waals surface area contributed by atoms with E-state index in [4.69, 9.17) is 10.5 Å². The summed E-state index contributed by atoms with van der Waals surface area (Å²) in [5, 5.41) is 5.50. The lowest BCUT2D eigenvalue weighted by atomic mass is 10.1. The number of amides is 1. The maximum Gasteiger partial charge on any atom is 0.275 e. The van der Waals surface area contributed by atoms with Crippen LogP contribution in [-0.2, 0) is 6.42 Å². The SMILES string of the molecule is COc1ccc(N)c(NC(=O)c2csc(CC(C)C)n2)c1. The first-order chi connectivity index (χ1) is 9.99. The Bertz CT molecular complexity index is 638. The van der Waals surface area contributed by atoms with E-state index in [2.05, 4.69) is 24.1 Å². The molecule has 2 aromatic rings. The van der Waals surface area contributed by atoms with Gasteiger partial charge in [-0.15, -0.1) is 11.3 Å². The van der Waals surface area contributed by atoms with E-state index in [1.165, 1.54) is 11.3 Å². The maximum atomic E-state index is 12.2. The van der Waals surface area contributed by atoms with E-state index in [-0.39, 0.29) is 5.91 Å². The molecule has 0 aliphatic heterocycles. The zero-order chi connectivity index (χ0) is 15.4. The second kappa shape index (κ2) is 6.58. The molecule has 0 aliphatic rings. The van der Waals surface area contributed by atoms with Gasteiger partial charge in [-0.2, -0.15) is 0 Å². The summed E-state index contributed by atoms with van der Waals surface area (Å²) in [4.78, 5) is 16.6. The molecule has 6 heteroatoms. The molecule has 1 aromatic carbocycles. The summed E-state index contributed by atoms with van der Waals surface area (Å²) in [6.07, 6.45) is 0.874. The summed E-state index contributed by atoms with van der Waals surface area (Å²) >= 11 is 1.50. The van der Waals surface area contributed by atoms with Gasteiger partial charge in [-0.1, -0.05) is 13.8 Å². The van der Waals surface area contributed by atoms with Crippen LogP contribution in [0.15, 0.2) is 23.6 Å². The highest BCUT2D eigenvalue weighted by atomic mass is 32.1. The van der Waals surface area contributed by atoms with Gasteiger partial charge in [0.1, 0.15) is 11.4 Å². The number of nitrogens with zero attached hydrogens (tertiary/aromatic N) is 1. The van der Waals surface area contributed by atoms with Gasteiger partial charge in [0.2, 0.25) is 0 Å². The molecule has 1 heterocycles. The number of nitrogens with two attached hydrogens (primary N) is 1. The number of hydrogen-bond acceptors (Lipinski definition) is 5. The predicted octanol–water partition coefficient (Wildman–Crippen LogP) is 3.18. The molecule has 1 aromatic heterocycles. The zero-order valence-corrected chi connectivity index (χ0v) is 13.2. The molecule has 112 valence electrons. The van der Waals surface area contributed by atoms with Gasteiger partial charge >= 0.3 is 0 Å². The number of carbonyl (C=O) groups is 1. The molecule has 1 amide bonds. The lowest BCUT2D eigenvalue weighted by Gasteiger charge is -2.08. The van der Waals surface area contributed by atoms with Crippen molar-refractivity contribution in [2.45, 2.75) is 20.3 Å². The van der Waals surface area contributed by atoms with Crippen molar-refractivity contribution in [3.63, 3.8) is 0 Å². The first-order valence-corrected chi connectivity index (χ1v) is 7.57. The Morgan fingerprint density at radius 3 is 2.90 bits per heavy atom. The number of rotatable bonds is 5. The van der Waals surface area contributed by atoms with Crippen LogP contribution in [0.25, 0.3) is 0 Å². The molecule has 0 unspecified atom stereocenters. The molecule has 0 saturated heterocycles. The van der Waals surface area contributed by atoms with Gasteiger partial charge < -0.3 is 15.8 Å². The van der Waals surface area contributed by atoms with Gasteiger partial charge in [0, 0.05) is 17.9 Å². The topological polar surface area (TPSA) is 77.2 Å². The van der Waals surface area contributed by atoms with Crippen molar-refractivity contribution >= 4 is 28.6 Å².